The predicted molar refractivity (Wildman–Crippen MR) is 74.0 cm³/mol. The molecule has 0 spiro atoms. The number of hydrogen-bond acceptors (Lipinski definition) is 2. The van der Waals surface area contributed by atoms with Gasteiger partial charge in [-0.25, -0.2) is 0 Å². The summed E-state index contributed by atoms with van der Waals surface area (Å²) in [6.45, 7) is 0. The number of nitriles is 1. The van der Waals surface area contributed by atoms with Gasteiger partial charge in [-0.05, 0) is 35.9 Å². The van der Waals surface area contributed by atoms with Crippen molar-refractivity contribution in [2.75, 3.05) is 0 Å². The van der Waals surface area contributed by atoms with Crippen LogP contribution in [0.2, 0.25) is 0 Å². The Morgan fingerprint density at radius 1 is 1.12 bits per heavy atom. The molecule has 0 amide bonds. The van der Waals surface area contributed by atoms with E-state index >= 15 is 0 Å². The Balaban J connectivity index is 2.30. The molecule has 0 atom stereocenters. The first-order valence-electron chi connectivity index (χ1n) is 5.18. The predicted octanol–water partition coefficient (Wildman–Crippen LogP) is 4.67. The first kappa shape index (κ1) is 12.2. The van der Waals surface area contributed by atoms with Gasteiger partial charge in [0.05, 0.1) is 12.5 Å². The lowest BCUT2D eigenvalue weighted by molar-refractivity contribution is 1.17. The molecule has 2 aromatic carbocycles. The van der Waals surface area contributed by atoms with Crippen LogP contribution < -0.4 is 0 Å². The zero-order chi connectivity index (χ0) is 12.1. The third-order valence-corrected chi connectivity index (χ3v) is 3.88. The number of rotatable bonds is 3. The maximum Gasteiger partial charge on any atom is 0.0670 e. The quantitative estimate of drug-likeness (QED) is 0.823. The summed E-state index contributed by atoms with van der Waals surface area (Å²) in [5.74, 6) is 0. The molecule has 0 aliphatic carbocycles. The van der Waals surface area contributed by atoms with Gasteiger partial charge in [-0.2, -0.15) is 5.26 Å². The van der Waals surface area contributed by atoms with Crippen LogP contribution >= 0.6 is 27.7 Å². The summed E-state index contributed by atoms with van der Waals surface area (Å²) in [4.78, 5) is 2.33. The van der Waals surface area contributed by atoms with E-state index in [1.54, 1.807) is 11.8 Å². The van der Waals surface area contributed by atoms with Crippen LogP contribution in [0.5, 0.6) is 0 Å². The molecule has 1 nitrogen and oxygen atoms in total. The van der Waals surface area contributed by atoms with Gasteiger partial charge in [0.25, 0.3) is 0 Å². The number of hydrogen-bond donors (Lipinski definition) is 0. The highest BCUT2D eigenvalue weighted by molar-refractivity contribution is 9.10. The highest BCUT2D eigenvalue weighted by Gasteiger charge is 2.04. The molecular formula is C14H10BrNS. The third-order valence-electron chi connectivity index (χ3n) is 2.26. The molecule has 0 N–H and O–H groups in total. The van der Waals surface area contributed by atoms with Crippen LogP contribution in [0.15, 0.2) is 62.8 Å². The summed E-state index contributed by atoms with van der Waals surface area (Å²) in [6.07, 6.45) is 0.439. The van der Waals surface area contributed by atoms with Crippen LogP contribution in [-0.2, 0) is 6.42 Å². The zero-order valence-electron chi connectivity index (χ0n) is 9.06. The Bertz CT molecular complexity index is 546. The second kappa shape index (κ2) is 5.90. The van der Waals surface area contributed by atoms with Gasteiger partial charge in [-0.1, -0.05) is 45.9 Å². The van der Waals surface area contributed by atoms with Crippen LogP contribution in [-0.4, -0.2) is 0 Å². The molecule has 0 saturated carbocycles. The molecule has 0 unspecified atom stereocenters. The summed E-state index contributed by atoms with van der Waals surface area (Å²) < 4.78 is 1.01. The second-order valence-electron chi connectivity index (χ2n) is 3.50. The van der Waals surface area contributed by atoms with Gasteiger partial charge in [0.1, 0.15) is 0 Å². The molecule has 0 heterocycles. The summed E-state index contributed by atoms with van der Waals surface area (Å²) in [5.41, 5.74) is 1.07. The third kappa shape index (κ3) is 3.36. The van der Waals surface area contributed by atoms with Crippen molar-refractivity contribution in [3.8, 4) is 6.07 Å². The van der Waals surface area contributed by atoms with Crippen molar-refractivity contribution in [2.45, 2.75) is 16.2 Å². The van der Waals surface area contributed by atoms with Gasteiger partial charge in [-0.15, -0.1) is 0 Å². The average Bonchev–Trinajstić information content (AvgIpc) is 2.34. The van der Waals surface area contributed by atoms with E-state index < -0.39 is 0 Å². The molecule has 17 heavy (non-hydrogen) atoms. The van der Waals surface area contributed by atoms with Crippen molar-refractivity contribution in [1.29, 1.82) is 5.26 Å². The van der Waals surface area contributed by atoms with Crippen molar-refractivity contribution in [1.82, 2.24) is 0 Å². The second-order valence-corrected chi connectivity index (χ2v) is 5.53. The van der Waals surface area contributed by atoms with E-state index in [4.69, 9.17) is 5.26 Å². The van der Waals surface area contributed by atoms with Crippen LogP contribution in [0, 0.1) is 11.3 Å². The Labute approximate surface area is 114 Å². The fraction of sp³-hybridized carbons (Fsp3) is 0.0714. The van der Waals surface area contributed by atoms with Crippen LogP contribution in [0.4, 0.5) is 0 Å². The highest BCUT2D eigenvalue weighted by Crippen LogP contribution is 2.32. The molecule has 0 aliphatic rings. The molecule has 2 rings (SSSR count). The Hall–Kier alpha value is -1.24. The molecule has 0 saturated heterocycles. The SMILES string of the molecule is N#CCc1cc(Br)ccc1Sc1ccccc1. The van der Waals surface area contributed by atoms with E-state index in [9.17, 15) is 0 Å². The number of halogens is 1. The Morgan fingerprint density at radius 2 is 1.88 bits per heavy atom. The molecule has 2 aromatic rings. The maximum absolute atomic E-state index is 8.83. The first-order valence-corrected chi connectivity index (χ1v) is 6.79. The van der Waals surface area contributed by atoms with Crippen LogP contribution in [0.1, 0.15) is 5.56 Å². The fourth-order valence-corrected chi connectivity index (χ4v) is 2.84. The Kier molecular flexibility index (Phi) is 4.24. The van der Waals surface area contributed by atoms with Crippen molar-refractivity contribution in [3.63, 3.8) is 0 Å². The van der Waals surface area contributed by atoms with E-state index in [0.29, 0.717) is 6.42 Å². The summed E-state index contributed by atoms with van der Waals surface area (Å²) in [7, 11) is 0. The van der Waals surface area contributed by atoms with Gasteiger partial charge in [-0.3, -0.25) is 0 Å². The van der Waals surface area contributed by atoms with Gasteiger partial charge < -0.3 is 0 Å². The number of nitrogens with zero attached hydrogens (tertiary/aromatic N) is 1. The summed E-state index contributed by atoms with van der Waals surface area (Å²) >= 11 is 5.12. The van der Waals surface area contributed by atoms with E-state index in [1.165, 1.54) is 4.90 Å². The van der Waals surface area contributed by atoms with Crippen molar-refractivity contribution < 1.29 is 0 Å². The number of benzene rings is 2. The molecule has 0 aromatic heterocycles. The van der Waals surface area contributed by atoms with Crippen LogP contribution in [0.3, 0.4) is 0 Å². The molecule has 84 valence electrons. The molecule has 0 aliphatic heterocycles. The van der Waals surface area contributed by atoms with E-state index in [1.807, 2.05) is 30.3 Å². The van der Waals surface area contributed by atoms with Gasteiger partial charge in [0.2, 0.25) is 0 Å². The summed E-state index contributed by atoms with van der Waals surface area (Å²) in [5, 5.41) is 8.83. The summed E-state index contributed by atoms with van der Waals surface area (Å²) in [6, 6.07) is 18.5. The van der Waals surface area contributed by atoms with Gasteiger partial charge in [0, 0.05) is 14.3 Å². The minimum Gasteiger partial charge on any atom is -0.198 e. The molecular weight excluding hydrogens is 294 g/mol. The maximum atomic E-state index is 8.83. The van der Waals surface area contributed by atoms with E-state index in [2.05, 4.69) is 40.2 Å². The van der Waals surface area contributed by atoms with Crippen molar-refractivity contribution >= 4 is 27.7 Å². The van der Waals surface area contributed by atoms with E-state index in [0.717, 1.165) is 14.9 Å². The van der Waals surface area contributed by atoms with Gasteiger partial charge in [0.15, 0.2) is 0 Å². The lowest BCUT2D eigenvalue weighted by Crippen LogP contribution is -1.86. The zero-order valence-corrected chi connectivity index (χ0v) is 11.5. The molecule has 3 heteroatoms. The smallest absolute Gasteiger partial charge is 0.0670 e. The molecule has 0 fully saturated rings. The monoisotopic (exact) mass is 303 g/mol. The normalized spacial score (nSPS) is 9.88. The van der Waals surface area contributed by atoms with Gasteiger partial charge >= 0.3 is 0 Å². The lowest BCUT2D eigenvalue weighted by Gasteiger charge is -2.07. The Morgan fingerprint density at radius 3 is 2.59 bits per heavy atom. The topological polar surface area (TPSA) is 23.8 Å². The molecule has 0 radical (unpaired) electrons. The van der Waals surface area contributed by atoms with Crippen molar-refractivity contribution in [3.05, 3.63) is 58.6 Å². The minimum atomic E-state index is 0.439. The largest absolute Gasteiger partial charge is 0.198 e. The first-order chi connectivity index (χ1) is 8.29. The standard InChI is InChI=1S/C14H10BrNS/c15-12-6-7-14(11(10-12)8-9-16)17-13-4-2-1-3-5-13/h1-7,10H,8H2. The highest BCUT2D eigenvalue weighted by atomic mass is 79.9. The minimum absolute atomic E-state index is 0.439. The van der Waals surface area contributed by atoms with E-state index in [-0.39, 0.29) is 0 Å². The van der Waals surface area contributed by atoms with Crippen LogP contribution in [0.25, 0.3) is 0 Å². The molecule has 0 bridgehead atoms. The average molecular weight is 304 g/mol. The van der Waals surface area contributed by atoms with Crippen molar-refractivity contribution in [2.24, 2.45) is 0 Å². The lowest BCUT2D eigenvalue weighted by atomic mass is 10.2. The fourth-order valence-electron chi connectivity index (χ4n) is 1.49.